The molecule has 0 aromatic heterocycles. The van der Waals surface area contributed by atoms with Crippen LogP contribution in [-0.2, 0) is 4.79 Å². The van der Waals surface area contributed by atoms with Crippen LogP contribution in [0.15, 0.2) is 48.5 Å². The van der Waals surface area contributed by atoms with Crippen molar-refractivity contribution in [1.29, 1.82) is 0 Å². The van der Waals surface area contributed by atoms with Gasteiger partial charge in [0, 0.05) is 18.8 Å². The largest absolute Gasteiger partial charge is 0.493 e. The standard InChI is InChI=1S/C20H22N2O4/c1-25-17-6-2-3-7-18(17)26-20(24)14-8-10-16(11-9-14)22-12-4-5-15(13-22)19(21)23/h2-3,6-11,15H,4-5,12-13H2,1H3,(H2,21,23). The molecule has 1 unspecified atom stereocenters. The number of carbonyl (C=O) groups is 2. The number of esters is 1. The zero-order valence-corrected chi connectivity index (χ0v) is 14.7. The van der Waals surface area contributed by atoms with E-state index in [0.717, 1.165) is 25.1 Å². The van der Waals surface area contributed by atoms with Crippen molar-refractivity contribution >= 4 is 17.6 Å². The zero-order valence-electron chi connectivity index (χ0n) is 14.7. The minimum Gasteiger partial charge on any atom is -0.493 e. The van der Waals surface area contributed by atoms with Crippen molar-refractivity contribution in [1.82, 2.24) is 0 Å². The molecular weight excluding hydrogens is 332 g/mol. The number of nitrogens with two attached hydrogens (primary N) is 1. The number of amides is 1. The molecule has 1 aliphatic heterocycles. The molecule has 0 aliphatic carbocycles. The summed E-state index contributed by atoms with van der Waals surface area (Å²) in [6, 6.07) is 14.2. The molecule has 6 nitrogen and oxygen atoms in total. The highest BCUT2D eigenvalue weighted by Gasteiger charge is 2.24. The number of piperidine rings is 1. The number of ether oxygens (including phenoxy) is 2. The van der Waals surface area contributed by atoms with Crippen molar-refractivity contribution in [2.24, 2.45) is 11.7 Å². The first kappa shape index (κ1) is 17.8. The van der Waals surface area contributed by atoms with E-state index >= 15 is 0 Å². The average molecular weight is 354 g/mol. The fraction of sp³-hybridized carbons (Fsp3) is 0.300. The molecule has 2 aromatic rings. The SMILES string of the molecule is COc1ccccc1OC(=O)c1ccc(N2CCCC(C(N)=O)C2)cc1. The highest BCUT2D eigenvalue weighted by Crippen LogP contribution is 2.27. The molecule has 1 amide bonds. The molecule has 0 radical (unpaired) electrons. The number of primary amides is 1. The average Bonchev–Trinajstić information content (AvgIpc) is 2.68. The molecule has 0 bridgehead atoms. The van der Waals surface area contributed by atoms with Gasteiger partial charge >= 0.3 is 5.97 Å². The molecule has 3 rings (SSSR count). The van der Waals surface area contributed by atoms with Crippen LogP contribution in [0.5, 0.6) is 11.5 Å². The van der Waals surface area contributed by atoms with Gasteiger partial charge in [-0.3, -0.25) is 4.79 Å². The zero-order chi connectivity index (χ0) is 18.5. The Kier molecular flexibility index (Phi) is 5.41. The lowest BCUT2D eigenvalue weighted by molar-refractivity contribution is -0.122. The number of carbonyl (C=O) groups excluding carboxylic acids is 2. The van der Waals surface area contributed by atoms with Crippen LogP contribution in [0.3, 0.4) is 0 Å². The van der Waals surface area contributed by atoms with E-state index in [0.29, 0.717) is 23.6 Å². The molecule has 1 aliphatic rings. The van der Waals surface area contributed by atoms with Gasteiger partial charge < -0.3 is 20.1 Å². The van der Waals surface area contributed by atoms with E-state index in [2.05, 4.69) is 4.90 Å². The summed E-state index contributed by atoms with van der Waals surface area (Å²) >= 11 is 0. The van der Waals surface area contributed by atoms with Crippen molar-refractivity contribution in [3.05, 3.63) is 54.1 Å². The first-order chi connectivity index (χ1) is 12.6. The Balaban J connectivity index is 1.69. The van der Waals surface area contributed by atoms with E-state index in [-0.39, 0.29) is 11.8 Å². The number of hydrogen-bond donors (Lipinski definition) is 1. The van der Waals surface area contributed by atoms with E-state index in [9.17, 15) is 9.59 Å². The molecule has 6 heteroatoms. The summed E-state index contributed by atoms with van der Waals surface area (Å²) < 4.78 is 10.6. The van der Waals surface area contributed by atoms with Gasteiger partial charge in [-0.2, -0.15) is 0 Å². The highest BCUT2D eigenvalue weighted by molar-refractivity contribution is 5.91. The predicted molar refractivity (Wildman–Crippen MR) is 98.5 cm³/mol. The van der Waals surface area contributed by atoms with Crippen molar-refractivity contribution in [3.63, 3.8) is 0 Å². The van der Waals surface area contributed by atoms with E-state index in [1.54, 1.807) is 30.3 Å². The fourth-order valence-corrected chi connectivity index (χ4v) is 3.11. The maximum absolute atomic E-state index is 12.4. The smallest absolute Gasteiger partial charge is 0.343 e. The van der Waals surface area contributed by atoms with Gasteiger partial charge in [-0.1, -0.05) is 12.1 Å². The highest BCUT2D eigenvalue weighted by atomic mass is 16.6. The third-order valence-corrected chi connectivity index (χ3v) is 4.56. The number of methoxy groups -OCH3 is 1. The summed E-state index contributed by atoms with van der Waals surface area (Å²) in [6.07, 6.45) is 1.75. The first-order valence-corrected chi connectivity index (χ1v) is 8.58. The van der Waals surface area contributed by atoms with Gasteiger partial charge in [0.05, 0.1) is 18.6 Å². The summed E-state index contributed by atoms with van der Waals surface area (Å²) in [4.78, 5) is 25.9. The topological polar surface area (TPSA) is 81.9 Å². The second-order valence-corrected chi connectivity index (χ2v) is 6.27. The maximum atomic E-state index is 12.4. The van der Waals surface area contributed by atoms with E-state index < -0.39 is 5.97 Å². The lowest BCUT2D eigenvalue weighted by Gasteiger charge is -2.33. The molecule has 2 N–H and O–H groups in total. The minimum atomic E-state index is -0.449. The van der Waals surface area contributed by atoms with Crippen molar-refractivity contribution < 1.29 is 19.1 Å². The quantitative estimate of drug-likeness (QED) is 0.659. The summed E-state index contributed by atoms with van der Waals surface area (Å²) in [7, 11) is 1.53. The monoisotopic (exact) mass is 354 g/mol. The molecule has 26 heavy (non-hydrogen) atoms. The summed E-state index contributed by atoms with van der Waals surface area (Å²) in [6.45, 7) is 1.48. The van der Waals surface area contributed by atoms with Crippen LogP contribution in [0.2, 0.25) is 0 Å². The number of nitrogens with zero attached hydrogens (tertiary/aromatic N) is 1. The number of benzene rings is 2. The normalized spacial score (nSPS) is 16.8. The van der Waals surface area contributed by atoms with Crippen LogP contribution in [0.4, 0.5) is 5.69 Å². The van der Waals surface area contributed by atoms with Crippen molar-refractivity contribution in [2.45, 2.75) is 12.8 Å². The van der Waals surface area contributed by atoms with Gasteiger partial charge in [0.1, 0.15) is 0 Å². The maximum Gasteiger partial charge on any atom is 0.343 e. The summed E-state index contributed by atoms with van der Waals surface area (Å²) in [5.74, 6) is 0.0491. The van der Waals surface area contributed by atoms with Crippen LogP contribution in [0.25, 0.3) is 0 Å². The Labute approximate surface area is 152 Å². The van der Waals surface area contributed by atoms with Crippen molar-refractivity contribution in [2.75, 3.05) is 25.1 Å². The second-order valence-electron chi connectivity index (χ2n) is 6.27. The first-order valence-electron chi connectivity index (χ1n) is 8.58. The van der Waals surface area contributed by atoms with Crippen LogP contribution >= 0.6 is 0 Å². The Morgan fingerprint density at radius 3 is 2.42 bits per heavy atom. The molecule has 1 atom stereocenters. The molecule has 1 saturated heterocycles. The lowest BCUT2D eigenvalue weighted by Crippen LogP contribution is -2.41. The molecule has 0 spiro atoms. The molecule has 1 fully saturated rings. The Morgan fingerprint density at radius 1 is 1.08 bits per heavy atom. The molecule has 2 aromatic carbocycles. The van der Waals surface area contributed by atoms with E-state index in [1.165, 1.54) is 7.11 Å². The predicted octanol–water partition coefficient (Wildman–Crippen LogP) is 2.62. The molecular formula is C20H22N2O4. The minimum absolute atomic E-state index is 0.126. The van der Waals surface area contributed by atoms with Crippen molar-refractivity contribution in [3.8, 4) is 11.5 Å². The number of rotatable bonds is 5. The van der Waals surface area contributed by atoms with Gasteiger partial charge in [0.2, 0.25) is 5.91 Å². The van der Waals surface area contributed by atoms with E-state index in [4.69, 9.17) is 15.2 Å². The van der Waals surface area contributed by atoms with Crippen LogP contribution in [0, 0.1) is 5.92 Å². The van der Waals surface area contributed by atoms with Crippen LogP contribution in [-0.4, -0.2) is 32.1 Å². The number of hydrogen-bond acceptors (Lipinski definition) is 5. The third-order valence-electron chi connectivity index (χ3n) is 4.56. The second kappa shape index (κ2) is 7.91. The molecule has 1 heterocycles. The van der Waals surface area contributed by atoms with E-state index in [1.807, 2.05) is 18.2 Å². The Morgan fingerprint density at radius 2 is 1.77 bits per heavy atom. The van der Waals surface area contributed by atoms with Crippen LogP contribution < -0.4 is 20.1 Å². The Hall–Kier alpha value is -3.02. The molecule has 136 valence electrons. The van der Waals surface area contributed by atoms with Gasteiger partial charge in [-0.15, -0.1) is 0 Å². The van der Waals surface area contributed by atoms with Crippen LogP contribution in [0.1, 0.15) is 23.2 Å². The summed E-state index contributed by atoms with van der Waals surface area (Å²) in [5, 5.41) is 0. The van der Waals surface area contributed by atoms with Gasteiger partial charge in [-0.25, -0.2) is 4.79 Å². The fourth-order valence-electron chi connectivity index (χ4n) is 3.11. The molecule has 0 saturated carbocycles. The lowest BCUT2D eigenvalue weighted by atomic mass is 9.97. The summed E-state index contributed by atoms with van der Waals surface area (Å²) in [5.41, 5.74) is 6.84. The third kappa shape index (κ3) is 3.96. The number of anilines is 1. The Bertz CT molecular complexity index is 789. The van der Waals surface area contributed by atoms with Gasteiger partial charge in [-0.05, 0) is 49.2 Å². The van der Waals surface area contributed by atoms with Gasteiger partial charge in [0.15, 0.2) is 11.5 Å². The number of para-hydroxylation sites is 2. The van der Waals surface area contributed by atoms with Gasteiger partial charge in [0.25, 0.3) is 0 Å².